The fourth-order valence-electron chi connectivity index (χ4n) is 5.56. The van der Waals surface area contributed by atoms with Gasteiger partial charge in [-0.15, -0.1) is 0 Å². The Hall–Kier alpha value is -3.46. The minimum Gasteiger partial charge on any atom is -0.0853 e. The summed E-state index contributed by atoms with van der Waals surface area (Å²) < 4.78 is 0. The summed E-state index contributed by atoms with van der Waals surface area (Å²) in [5, 5.41) is 6.14. The second kappa shape index (κ2) is 12.4. The van der Waals surface area contributed by atoms with Gasteiger partial charge in [-0.05, 0) is 67.8 Å². The average molecular weight is 555 g/mol. The molecular formula is C38H34S2. The monoisotopic (exact) mass is 554 g/mol. The molecule has 0 N–H and O–H groups in total. The minimum absolute atomic E-state index is 0.468. The van der Waals surface area contributed by atoms with Crippen molar-refractivity contribution in [2.24, 2.45) is 0 Å². The van der Waals surface area contributed by atoms with Crippen LogP contribution in [0.3, 0.4) is 0 Å². The molecule has 0 aromatic heterocycles. The Kier molecular flexibility index (Phi) is 8.27. The Labute approximate surface area is 246 Å². The molecule has 0 heterocycles. The molecule has 0 aliphatic rings. The Morgan fingerprint density at radius 2 is 0.800 bits per heavy atom. The van der Waals surface area contributed by atoms with E-state index in [1.54, 1.807) is 0 Å². The van der Waals surface area contributed by atoms with Crippen LogP contribution in [0.1, 0.15) is 48.3 Å². The SMILES string of the molecule is CC[C@@H](SS[C@H](CC)c1ccc(-c2cccc3ccccc23)cc1)c1ccc(-c2cccc3ccccc23)cc1. The Bertz CT molecular complexity index is 1580. The molecule has 2 heteroatoms. The number of hydrogen-bond donors (Lipinski definition) is 0. The highest BCUT2D eigenvalue weighted by atomic mass is 33.1. The van der Waals surface area contributed by atoms with Crippen LogP contribution in [0.25, 0.3) is 43.8 Å². The Balaban J connectivity index is 1.16. The fraction of sp³-hybridized carbons (Fsp3) is 0.158. The van der Waals surface area contributed by atoms with Crippen LogP contribution in [0.4, 0.5) is 0 Å². The van der Waals surface area contributed by atoms with E-state index in [1.807, 2.05) is 21.6 Å². The van der Waals surface area contributed by atoms with E-state index in [1.165, 1.54) is 54.9 Å². The quantitative estimate of drug-likeness (QED) is 0.163. The lowest BCUT2D eigenvalue weighted by Crippen LogP contribution is -1.95. The van der Waals surface area contributed by atoms with Crippen molar-refractivity contribution in [2.75, 3.05) is 0 Å². The zero-order valence-electron chi connectivity index (χ0n) is 23.1. The Morgan fingerprint density at radius 1 is 0.425 bits per heavy atom. The van der Waals surface area contributed by atoms with Crippen LogP contribution in [0.5, 0.6) is 0 Å². The molecule has 40 heavy (non-hydrogen) atoms. The maximum Gasteiger partial charge on any atom is 0.0398 e. The van der Waals surface area contributed by atoms with Crippen LogP contribution in [0.2, 0.25) is 0 Å². The van der Waals surface area contributed by atoms with Crippen LogP contribution in [0.15, 0.2) is 133 Å². The van der Waals surface area contributed by atoms with Gasteiger partial charge >= 0.3 is 0 Å². The van der Waals surface area contributed by atoms with E-state index in [-0.39, 0.29) is 0 Å². The molecule has 0 fully saturated rings. The summed E-state index contributed by atoms with van der Waals surface area (Å²) in [6, 6.07) is 49.0. The van der Waals surface area contributed by atoms with Gasteiger partial charge in [0.15, 0.2) is 0 Å². The van der Waals surface area contributed by atoms with Crippen molar-refractivity contribution < 1.29 is 0 Å². The van der Waals surface area contributed by atoms with Gasteiger partial charge in [0.1, 0.15) is 0 Å². The van der Waals surface area contributed by atoms with Gasteiger partial charge in [-0.25, -0.2) is 0 Å². The molecular weight excluding hydrogens is 521 g/mol. The van der Waals surface area contributed by atoms with Crippen molar-refractivity contribution in [3.05, 3.63) is 145 Å². The lowest BCUT2D eigenvalue weighted by atomic mass is 9.97. The minimum atomic E-state index is 0.468. The molecule has 6 rings (SSSR count). The fourth-order valence-corrected chi connectivity index (χ4v) is 8.93. The Morgan fingerprint density at radius 3 is 1.20 bits per heavy atom. The first-order valence-corrected chi connectivity index (χ1v) is 16.5. The van der Waals surface area contributed by atoms with Crippen molar-refractivity contribution in [3.8, 4) is 22.3 Å². The number of benzene rings is 6. The summed E-state index contributed by atoms with van der Waals surface area (Å²) in [5.74, 6) is 0. The molecule has 0 saturated carbocycles. The van der Waals surface area contributed by atoms with Crippen LogP contribution in [-0.4, -0.2) is 0 Å². The second-order valence-electron chi connectivity index (χ2n) is 10.3. The lowest BCUT2D eigenvalue weighted by Gasteiger charge is -2.20. The smallest absolute Gasteiger partial charge is 0.0398 e. The van der Waals surface area contributed by atoms with Crippen molar-refractivity contribution in [2.45, 2.75) is 37.2 Å². The number of fused-ring (bicyclic) bond motifs is 2. The molecule has 0 radical (unpaired) electrons. The van der Waals surface area contributed by atoms with Gasteiger partial charge in [0.2, 0.25) is 0 Å². The van der Waals surface area contributed by atoms with Gasteiger partial charge in [-0.2, -0.15) is 0 Å². The van der Waals surface area contributed by atoms with Crippen molar-refractivity contribution in [1.82, 2.24) is 0 Å². The maximum absolute atomic E-state index is 2.33. The third-order valence-corrected chi connectivity index (χ3v) is 11.3. The first-order valence-electron chi connectivity index (χ1n) is 14.2. The van der Waals surface area contributed by atoms with Gasteiger partial charge in [-0.3, -0.25) is 0 Å². The molecule has 0 bridgehead atoms. The molecule has 0 spiro atoms. The zero-order valence-corrected chi connectivity index (χ0v) is 24.7. The van der Waals surface area contributed by atoms with E-state index < -0.39 is 0 Å². The summed E-state index contributed by atoms with van der Waals surface area (Å²) in [4.78, 5) is 0. The molecule has 6 aromatic carbocycles. The van der Waals surface area contributed by atoms with Crippen molar-refractivity contribution in [1.29, 1.82) is 0 Å². The van der Waals surface area contributed by atoms with Crippen LogP contribution < -0.4 is 0 Å². The molecule has 0 aliphatic heterocycles. The van der Waals surface area contributed by atoms with Gasteiger partial charge in [0.05, 0.1) is 0 Å². The standard InChI is InChI=1S/C38H34S2/c1-3-37(31-23-19-29(20-24-31)35-17-9-13-27-11-5-7-15-33(27)35)39-40-38(4-2)32-25-21-30(22-26-32)36-18-10-14-28-12-6-8-16-34(28)36/h5-26,37-38H,3-4H2,1-2H3/t37-,38-/m1/s1. The summed E-state index contributed by atoms with van der Waals surface area (Å²) in [7, 11) is 4.05. The molecule has 0 aliphatic carbocycles. The molecule has 0 unspecified atom stereocenters. The largest absolute Gasteiger partial charge is 0.0853 e. The summed E-state index contributed by atoms with van der Waals surface area (Å²) in [5.41, 5.74) is 7.99. The highest BCUT2D eigenvalue weighted by Gasteiger charge is 2.17. The molecule has 6 aromatic rings. The molecule has 0 amide bonds. The van der Waals surface area contributed by atoms with Gasteiger partial charge < -0.3 is 0 Å². The van der Waals surface area contributed by atoms with Crippen LogP contribution in [-0.2, 0) is 0 Å². The highest BCUT2D eigenvalue weighted by Crippen LogP contribution is 2.49. The van der Waals surface area contributed by atoms with Crippen molar-refractivity contribution in [3.63, 3.8) is 0 Å². The van der Waals surface area contributed by atoms with Gasteiger partial charge in [0, 0.05) is 10.5 Å². The highest BCUT2D eigenvalue weighted by molar-refractivity contribution is 8.76. The maximum atomic E-state index is 2.33. The third-order valence-electron chi connectivity index (χ3n) is 7.80. The first kappa shape index (κ1) is 26.7. The van der Waals surface area contributed by atoms with Crippen molar-refractivity contribution >= 4 is 43.1 Å². The summed E-state index contributed by atoms with van der Waals surface area (Å²) >= 11 is 0. The summed E-state index contributed by atoms with van der Waals surface area (Å²) in [6.45, 7) is 4.60. The van der Waals surface area contributed by atoms with Crippen LogP contribution >= 0.6 is 21.6 Å². The van der Waals surface area contributed by atoms with Gasteiger partial charge in [-0.1, -0.05) is 169 Å². The third kappa shape index (κ3) is 5.57. The predicted molar refractivity (Wildman–Crippen MR) is 180 cm³/mol. The summed E-state index contributed by atoms with van der Waals surface area (Å²) in [6.07, 6.45) is 2.23. The van der Waals surface area contributed by atoms with E-state index in [4.69, 9.17) is 0 Å². The predicted octanol–water partition coefficient (Wildman–Crippen LogP) is 12.3. The number of rotatable bonds is 9. The number of hydrogen-bond acceptors (Lipinski definition) is 2. The average Bonchev–Trinajstić information content (AvgIpc) is 3.03. The molecule has 0 nitrogen and oxygen atoms in total. The first-order chi connectivity index (χ1) is 19.7. The topological polar surface area (TPSA) is 0 Å². The molecule has 198 valence electrons. The van der Waals surface area contributed by atoms with E-state index in [9.17, 15) is 0 Å². The second-order valence-corrected chi connectivity index (χ2v) is 13.0. The lowest BCUT2D eigenvalue weighted by molar-refractivity contribution is 0.893. The van der Waals surface area contributed by atoms with E-state index in [2.05, 4.69) is 147 Å². The van der Waals surface area contributed by atoms with Crippen LogP contribution in [0, 0.1) is 0 Å². The van der Waals surface area contributed by atoms with E-state index in [0.29, 0.717) is 10.5 Å². The van der Waals surface area contributed by atoms with E-state index in [0.717, 1.165) is 12.8 Å². The van der Waals surface area contributed by atoms with Gasteiger partial charge in [0.25, 0.3) is 0 Å². The normalized spacial score (nSPS) is 12.9. The van der Waals surface area contributed by atoms with E-state index >= 15 is 0 Å². The molecule has 2 atom stereocenters. The molecule has 0 saturated heterocycles. The zero-order chi connectivity index (χ0) is 27.3.